The molecule has 1 aliphatic rings. The van der Waals surface area contributed by atoms with Gasteiger partial charge in [0.05, 0.1) is 16.8 Å². The molecule has 0 fully saturated rings. The van der Waals surface area contributed by atoms with E-state index in [2.05, 4.69) is 302 Å². The summed E-state index contributed by atoms with van der Waals surface area (Å²) in [7, 11) is 0. The summed E-state index contributed by atoms with van der Waals surface area (Å²) < 4.78 is 0. The molecule has 72 heavy (non-hydrogen) atoms. The van der Waals surface area contributed by atoms with Crippen molar-refractivity contribution in [2.45, 2.75) is 5.41 Å². The Labute approximate surface area is 422 Å². The monoisotopic (exact) mass is 915 g/mol. The third-order valence-corrected chi connectivity index (χ3v) is 14.8. The first-order valence-electron chi connectivity index (χ1n) is 24.9. The van der Waals surface area contributed by atoms with Crippen LogP contribution in [0.15, 0.2) is 297 Å². The zero-order valence-electron chi connectivity index (χ0n) is 39.7. The van der Waals surface area contributed by atoms with Crippen molar-refractivity contribution in [3.05, 3.63) is 320 Å². The Bertz CT molecular complexity index is 3840. The van der Waals surface area contributed by atoms with Gasteiger partial charge in [0.1, 0.15) is 0 Å². The van der Waals surface area contributed by atoms with Crippen molar-refractivity contribution in [3.8, 4) is 66.8 Å². The van der Waals surface area contributed by atoms with E-state index in [-0.39, 0.29) is 0 Å². The Morgan fingerprint density at radius 2 is 0.639 bits per heavy atom. The van der Waals surface area contributed by atoms with Crippen LogP contribution in [0.25, 0.3) is 77.5 Å². The van der Waals surface area contributed by atoms with Crippen molar-refractivity contribution < 1.29 is 0 Å². The van der Waals surface area contributed by atoms with E-state index in [9.17, 15) is 0 Å². The molecule has 0 saturated heterocycles. The summed E-state index contributed by atoms with van der Waals surface area (Å²) in [5.74, 6) is 0. The van der Waals surface area contributed by atoms with Crippen LogP contribution >= 0.6 is 0 Å². The summed E-state index contributed by atoms with van der Waals surface area (Å²) in [6.07, 6.45) is 0. The number of rotatable bonds is 10. The topological polar surface area (TPSA) is 3.24 Å². The zero-order chi connectivity index (χ0) is 47.8. The summed E-state index contributed by atoms with van der Waals surface area (Å²) in [4.78, 5) is 2.46. The molecule has 0 heterocycles. The lowest BCUT2D eigenvalue weighted by Crippen LogP contribution is -2.28. The first-order chi connectivity index (χ1) is 35.7. The summed E-state index contributed by atoms with van der Waals surface area (Å²) in [5.41, 5.74) is 22.3. The van der Waals surface area contributed by atoms with Gasteiger partial charge in [0, 0.05) is 16.8 Å². The molecule has 0 bridgehead atoms. The SMILES string of the molecule is c1ccc(-c2ccc(-c3ccccc3N(c3ccc(-c4cccc5c4-c4ccccc4C5(c4ccccc4)c4ccccc4)cc3)c3ccccc3-c3ccc(-c4ccc5ccccc5c4)cc3)cc2)cc1. The van der Waals surface area contributed by atoms with Gasteiger partial charge in [-0.1, -0.05) is 267 Å². The van der Waals surface area contributed by atoms with E-state index in [1.165, 1.54) is 77.5 Å². The maximum absolute atomic E-state index is 2.46. The Morgan fingerprint density at radius 1 is 0.236 bits per heavy atom. The molecule has 0 spiro atoms. The second-order valence-electron chi connectivity index (χ2n) is 18.8. The fourth-order valence-corrected chi connectivity index (χ4v) is 11.4. The zero-order valence-corrected chi connectivity index (χ0v) is 39.7. The van der Waals surface area contributed by atoms with E-state index in [0.717, 1.165) is 39.3 Å². The lowest BCUT2D eigenvalue weighted by atomic mass is 9.67. The van der Waals surface area contributed by atoms with Gasteiger partial charge >= 0.3 is 0 Å². The Kier molecular flexibility index (Phi) is 10.8. The normalized spacial score (nSPS) is 12.3. The second kappa shape index (κ2) is 18.2. The van der Waals surface area contributed by atoms with Gasteiger partial charge in [0.2, 0.25) is 0 Å². The van der Waals surface area contributed by atoms with Crippen LogP contribution in [0.1, 0.15) is 22.3 Å². The maximum atomic E-state index is 2.46. The molecule has 1 aliphatic carbocycles. The molecule has 338 valence electrons. The van der Waals surface area contributed by atoms with Gasteiger partial charge in [-0.15, -0.1) is 0 Å². The average Bonchev–Trinajstić information content (AvgIpc) is 3.78. The Balaban J connectivity index is 0.952. The van der Waals surface area contributed by atoms with Gasteiger partial charge in [-0.2, -0.15) is 0 Å². The molecule has 0 unspecified atom stereocenters. The van der Waals surface area contributed by atoms with Crippen LogP contribution in [0.5, 0.6) is 0 Å². The predicted molar refractivity (Wildman–Crippen MR) is 303 cm³/mol. The number of benzene rings is 12. The number of hydrogen-bond acceptors (Lipinski definition) is 1. The van der Waals surface area contributed by atoms with Crippen LogP contribution in [0.2, 0.25) is 0 Å². The van der Waals surface area contributed by atoms with Crippen LogP contribution in [-0.2, 0) is 5.41 Å². The van der Waals surface area contributed by atoms with Gasteiger partial charge in [-0.05, 0) is 119 Å². The van der Waals surface area contributed by atoms with Gasteiger partial charge in [0.15, 0.2) is 0 Å². The molecule has 12 aromatic rings. The van der Waals surface area contributed by atoms with E-state index < -0.39 is 5.41 Å². The third-order valence-electron chi connectivity index (χ3n) is 14.8. The number of fused-ring (bicyclic) bond motifs is 4. The van der Waals surface area contributed by atoms with E-state index in [1.54, 1.807) is 0 Å². The molecule has 0 aromatic heterocycles. The minimum atomic E-state index is -0.471. The molecule has 0 atom stereocenters. The Hall–Kier alpha value is -9.30. The third kappa shape index (κ3) is 7.34. The summed E-state index contributed by atoms with van der Waals surface area (Å²) in [6, 6.07) is 109. The quantitative estimate of drug-likeness (QED) is 0.132. The van der Waals surface area contributed by atoms with Crippen LogP contribution in [0.3, 0.4) is 0 Å². The standard InChI is InChI=1S/C71H49N/c1-4-19-50(20-5-1)52-35-40-54(41-36-52)62-27-13-16-33-68(62)72(69-34-17-14-28-63(69)55-42-37-53(38-43-55)58-44-39-51-21-10-11-22-57(51)49-58)61-47-45-56(46-48-61)64-30-18-32-67-70(64)65-29-12-15-31-66(65)71(67,59-23-6-2-7-24-59)60-25-8-3-9-26-60/h1-49H. The van der Waals surface area contributed by atoms with Gasteiger partial charge in [-0.25, -0.2) is 0 Å². The van der Waals surface area contributed by atoms with Crippen LogP contribution < -0.4 is 4.90 Å². The molecule has 0 aliphatic heterocycles. The van der Waals surface area contributed by atoms with Crippen molar-refractivity contribution >= 4 is 27.8 Å². The number of anilines is 3. The lowest BCUT2D eigenvalue weighted by molar-refractivity contribution is 0.768. The van der Waals surface area contributed by atoms with Crippen molar-refractivity contribution in [2.75, 3.05) is 4.90 Å². The van der Waals surface area contributed by atoms with Gasteiger partial charge in [-0.3, -0.25) is 0 Å². The van der Waals surface area contributed by atoms with E-state index >= 15 is 0 Å². The smallest absolute Gasteiger partial charge is 0.0713 e. The predicted octanol–water partition coefficient (Wildman–Crippen LogP) is 19.0. The minimum Gasteiger partial charge on any atom is -0.309 e. The van der Waals surface area contributed by atoms with Gasteiger partial charge < -0.3 is 4.90 Å². The molecular weight excluding hydrogens is 867 g/mol. The molecule has 0 radical (unpaired) electrons. The maximum Gasteiger partial charge on any atom is 0.0713 e. The Morgan fingerprint density at radius 3 is 1.25 bits per heavy atom. The first kappa shape index (κ1) is 42.8. The highest BCUT2D eigenvalue weighted by atomic mass is 15.1. The van der Waals surface area contributed by atoms with E-state index in [1.807, 2.05) is 0 Å². The summed E-state index contributed by atoms with van der Waals surface area (Å²) >= 11 is 0. The van der Waals surface area contributed by atoms with Crippen LogP contribution in [-0.4, -0.2) is 0 Å². The highest BCUT2D eigenvalue weighted by Crippen LogP contribution is 2.58. The molecule has 0 saturated carbocycles. The average molecular weight is 916 g/mol. The van der Waals surface area contributed by atoms with Crippen molar-refractivity contribution in [1.29, 1.82) is 0 Å². The largest absolute Gasteiger partial charge is 0.309 e. The molecule has 1 heteroatoms. The lowest BCUT2D eigenvalue weighted by Gasteiger charge is -2.34. The first-order valence-corrected chi connectivity index (χ1v) is 24.9. The van der Waals surface area contributed by atoms with Crippen molar-refractivity contribution in [1.82, 2.24) is 0 Å². The van der Waals surface area contributed by atoms with E-state index in [0.29, 0.717) is 0 Å². The highest BCUT2D eigenvalue weighted by molar-refractivity contribution is 5.98. The molecule has 12 aromatic carbocycles. The van der Waals surface area contributed by atoms with Crippen molar-refractivity contribution in [2.24, 2.45) is 0 Å². The van der Waals surface area contributed by atoms with Crippen molar-refractivity contribution in [3.63, 3.8) is 0 Å². The summed E-state index contributed by atoms with van der Waals surface area (Å²) in [6.45, 7) is 0. The van der Waals surface area contributed by atoms with Crippen LogP contribution in [0.4, 0.5) is 17.1 Å². The van der Waals surface area contributed by atoms with Gasteiger partial charge in [0.25, 0.3) is 0 Å². The highest BCUT2D eigenvalue weighted by Gasteiger charge is 2.46. The fraction of sp³-hybridized carbons (Fsp3) is 0.0141. The minimum absolute atomic E-state index is 0.471. The van der Waals surface area contributed by atoms with E-state index in [4.69, 9.17) is 0 Å². The van der Waals surface area contributed by atoms with Crippen LogP contribution in [0, 0.1) is 0 Å². The second-order valence-corrected chi connectivity index (χ2v) is 18.8. The fourth-order valence-electron chi connectivity index (χ4n) is 11.4. The number of para-hydroxylation sites is 2. The molecule has 13 rings (SSSR count). The number of nitrogens with zero attached hydrogens (tertiary/aromatic N) is 1. The molecule has 1 nitrogen and oxygen atoms in total. The number of hydrogen-bond donors (Lipinski definition) is 0. The summed E-state index contributed by atoms with van der Waals surface area (Å²) in [5, 5.41) is 2.49. The molecular formula is C71H49N. The molecule has 0 amide bonds. The molecule has 0 N–H and O–H groups in total.